The normalized spacial score (nSPS) is 11.6. The van der Waals surface area contributed by atoms with E-state index in [0.717, 1.165) is 32.8 Å². The van der Waals surface area contributed by atoms with E-state index in [1.807, 2.05) is 14.1 Å². The lowest BCUT2D eigenvalue weighted by atomic mass is 10.5. The van der Waals surface area contributed by atoms with Gasteiger partial charge in [-0.25, -0.2) is 0 Å². The highest BCUT2D eigenvalue weighted by atomic mass is 16.5. The molecule has 0 aromatic rings. The zero-order valence-electron chi connectivity index (χ0n) is 10.7. The Bertz CT molecular complexity index is 132. The molecule has 0 aliphatic rings. The van der Waals surface area contributed by atoms with Gasteiger partial charge in [-0.2, -0.15) is 0 Å². The molecule has 0 unspecified atom stereocenters. The third-order valence-corrected chi connectivity index (χ3v) is 2.21. The molecule has 0 aromatic carbocycles. The van der Waals surface area contributed by atoms with Gasteiger partial charge < -0.3 is 19.3 Å². The molecule has 0 spiro atoms. The van der Waals surface area contributed by atoms with Crippen LogP contribution in [-0.2, 0) is 9.47 Å². The van der Waals surface area contributed by atoms with E-state index in [1.165, 1.54) is 0 Å². The molecule has 0 atom stereocenters. The Labute approximate surface area is 94.1 Å². The highest BCUT2D eigenvalue weighted by Crippen LogP contribution is 1.84. The average molecular weight is 218 g/mol. The van der Waals surface area contributed by atoms with Gasteiger partial charge in [0.25, 0.3) is 0 Å². The third-order valence-electron chi connectivity index (χ3n) is 2.21. The van der Waals surface area contributed by atoms with Crippen molar-refractivity contribution >= 4 is 0 Å². The number of likely N-dealkylation sites (N-methyl/N-ethyl adjacent to an activating group) is 2. The SMILES string of the molecule is CCN(C)CCOCCOCCN(C)C. The first-order valence-corrected chi connectivity index (χ1v) is 5.65. The summed E-state index contributed by atoms with van der Waals surface area (Å²) in [7, 11) is 6.18. The second-order valence-electron chi connectivity index (χ2n) is 3.92. The predicted octanol–water partition coefficient (Wildman–Crippen LogP) is 0.533. The lowest BCUT2D eigenvalue weighted by Gasteiger charge is -2.13. The molecular weight excluding hydrogens is 192 g/mol. The van der Waals surface area contributed by atoms with E-state index < -0.39 is 0 Å². The summed E-state index contributed by atoms with van der Waals surface area (Å²) in [6.07, 6.45) is 0. The zero-order chi connectivity index (χ0) is 11.5. The minimum absolute atomic E-state index is 0.698. The standard InChI is InChI=1S/C11H26N2O2/c1-5-13(4)7-9-15-11-10-14-8-6-12(2)3/h5-11H2,1-4H3. The Morgan fingerprint density at radius 2 is 1.33 bits per heavy atom. The molecule has 0 bridgehead atoms. The lowest BCUT2D eigenvalue weighted by Crippen LogP contribution is -2.23. The van der Waals surface area contributed by atoms with E-state index in [2.05, 4.69) is 23.8 Å². The fraction of sp³-hybridized carbons (Fsp3) is 1.00. The molecule has 0 N–H and O–H groups in total. The third kappa shape index (κ3) is 11.8. The Kier molecular flexibility index (Phi) is 10.3. The fourth-order valence-electron chi connectivity index (χ4n) is 0.948. The van der Waals surface area contributed by atoms with Crippen molar-refractivity contribution in [3.8, 4) is 0 Å². The Morgan fingerprint density at radius 3 is 1.80 bits per heavy atom. The smallest absolute Gasteiger partial charge is 0.0701 e. The molecule has 0 aliphatic carbocycles. The Balaban J connectivity index is 2.99. The second kappa shape index (κ2) is 10.4. The maximum atomic E-state index is 5.43. The van der Waals surface area contributed by atoms with Crippen LogP contribution in [0, 0.1) is 0 Å². The summed E-state index contributed by atoms with van der Waals surface area (Å²) >= 11 is 0. The molecular formula is C11H26N2O2. The van der Waals surface area contributed by atoms with Crippen LogP contribution in [0.15, 0.2) is 0 Å². The van der Waals surface area contributed by atoms with Crippen molar-refractivity contribution in [1.29, 1.82) is 0 Å². The molecule has 0 amide bonds. The topological polar surface area (TPSA) is 24.9 Å². The van der Waals surface area contributed by atoms with Gasteiger partial charge in [0.1, 0.15) is 0 Å². The van der Waals surface area contributed by atoms with Crippen LogP contribution in [0.1, 0.15) is 6.92 Å². The first-order chi connectivity index (χ1) is 7.16. The van der Waals surface area contributed by atoms with E-state index in [1.54, 1.807) is 0 Å². The van der Waals surface area contributed by atoms with Crippen molar-refractivity contribution in [3.63, 3.8) is 0 Å². The van der Waals surface area contributed by atoms with Crippen LogP contribution in [0.2, 0.25) is 0 Å². The quantitative estimate of drug-likeness (QED) is 0.500. The van der Waals surface area contributed by atoms with Crippen molar-refractivity contribution in [2.45, 2.75) is 6.92 Å². The molecule has 0 fully saturated rings. The highest BCUT2D eigenvalue weighted by molar-refractivity contribution is 4.45. The largest absolute Gasteiger partial charge is 0.378 e. The molecule has 15 heavy (non-hydrogen) atoms. The average Bonchev–Trinajstić information content (AvgIpc) is 2.21. The highest BCUT2D eigenvalue weighted by Gasteiger charge is 1.94. The summed E-state index contributed by atoms with van der Waals surface area (Å²) in [5.41, 5.74) is 0. The molecule has 0 aliphatic heterocycles. The van der Waals surface area contributed by atoms with Crippen molar-refractivity contribution in [3.05, 3.63) is 0 Å². The first-order valence-electron chi connectivity index (χ1n) is 5.65. The molecule has 0 saturated heterocycles. The Morgan fingerprint density at radius 1 is 0.800 bits per heavy atom. The minimum atomic E-state index is 0.698. The van der Waals surface area contributed by atoms with Crippen LogP contribution in [0.4, 0.5) is 0 Å². The summed E-state index contributed by atoms with van der Waals surface area (Å²) in [5, 5.41) is 0. The molecule has 4 nitrogen and oxygen atoms in total. The van der Waals surface area contributed by atoms with Crippen LogP contribution in [0.3, 0.4) is 0 Å². The van der Waals surface area contributed by atoms with E-state index in [0.29, 0.717) is 13.2 Å². The van der Waals surface area contributed by atoms with E-state index in [9.17, 15) is 0 Å². The van der Waals surface area contributed by atoms with Gasteiger partial charge in [0, 0.05) is 13.1 Å². The Hall–Kier alpha value is -0.160. The minimum Gasteiger partial charge on any atom is -0.378 e. The monoisotopic (exact) mass is 218 g/mol. The van der Waals surface area contributed by atoms with Crippen molar-refractivity contribution in [1.82, 2.24) is 9.80 Å². The van der Waals surface area contributed by atoms with Crippen molar-refractivity contribution in [2.75, 3.05) is 67.2 Å². The number of ether oxygens (including phenoxy) is 2. The fourth-order valence-corrected chi connectivity index (χ4v) is 0.948. The van der Waals surface area contributed by atoms with Gasteiger partial charge in [-0.15, -0.1) is 0 Å². The molecule has 4 heteroatoms. The van der Waals surface area contributed by atoms with Crippen LogP contribution >= 0.6 is 0 Å². The second-order valence-corrected chi connectivity index (χ2v) is 3.92. The van der Waals surface area contributed by atoms with E-state index in [4.69, 9.17) is 9.47 Å². The van der Waals surface area contributed by atoms with Crippen molar-refractivity contribution < 1.29 is 9.47 Å². The van der Waals surface area contributed by atoms with Crippen molar-refractivity contribution in [2.24, 2.45) is 0 Å². The maximum absolute atomic E-state index is 5.43. The van der Waals surface area contributed by atoms with Gasteiger partial charge in [0.05, 0.1) is 26.4 Å². The molecule has 0 saturated carbocycles. The molecule has 0 aromatic heterocycles. The van der Waals surface area contributed by atoms with Crippen LogP contribution in [-0.4, -0.2) is 77.0 Å². The number of hydrogen-bond acceptors (Lipinski definition) is 4. The van der Waals surface area contributed by atoms with E-state index >= 15 is 0 Å². The summed E-state index contributed by atoms with van der Waals surface area (Å²) in [5.74, 6) is 0. The van der Waals surface area contributed by atoms with Gasteiger partial charge >= 0.3 is 0 Å². The van der Waals surface area contributed by atoms with Crippen LogP contribution < -0.4 is 0 Å². The molecule has 0 rings (SSSR count). The predicted molar refractivity (Wildman–Crippen MR) is 63.4 cm³/mol. The number of nitrogens with zero attached hydrogens (tertiary/aromatic N) is 2. The van der Waals surface area contributed by atoms with Gasteiger partial charge in [-0.3, -0.25) is 0 Å². The van der Waals surface area contributed by atoms with Gasteiger partial charge in [0.15, 0.2) is 0 Å². The first kappa shape index (κ1) is 14.8. The summed E-state index contributed by atoms with van der Waals surface area (Å²) in [4.78, 5) is 4.34. The van der Waals surface area contributed by atoms with Gasteiger partial charge in [-0.1, -0.05) is 6.92 Å². The van der Waals surface area contributed by atoms with Crippen LogP contribution in [0.25, 0.3) is 0 Å². The number of hydrogen-bond donors (Lipinski definition) is 0. The maximum Gasteiger partial charge on any atom is 0.0701 e. The summed E-state index contributed by atoms with van der Waals surface area (Å²) in [6.45, 7) is 8.15. The molecule has 0 heterocycles. The number of rotatable bonds is 10. The van der Waals surface area contributed by atoms with Gasteiger partial charge in [0.2, 0.25) is 0 Å². The zero-order valence-corrected chi connectivity index (χ0v) is 10.7. The van der Waals surface area contributed by atoms with E-state index in [-0.39, 0.29) is 0 Å². The molecule has 92 valence electrons. The lowest BCUT2D eigenvalue weighted by molar-refractivity contribution is 0.0370. The summed E-state index contributed by atoms with van der Waals surface area (Å²) in [6, 6.07) is 0. The van der Waals surface area contributed by atoms with Crippen LogP contribution in [0.5, 0.6) is 0 Å². The van der Waals surface area contributed by atoms with Gasteiger partial charge in [-0.05, 0) is 27.7 Å². The molecule has 0 radical (unpaired) electrons. The summed E-state index contributed by atoms with van der Waals surface area (Å²) < 4.78 is 10.8.